The van der Waals surface area contributed by atoms with Crippen molar-refractivity contribution < 1.29 is 4.79 Å². The molecular formula is C13H17IN2OS. The first-order valence-electron chi connectivity index (χ1n) is 6.00. The molecule has 0 aliphatic carbocycles. The molecule has 98 valence electrons. The fourth-order valence-corrected chi connectivity index (χ4v) is 4.64. The molecule has 0 spiro atoms. The normalized spacial score (nSPS) is 24.8. The lowest BCUT2D eigenvalue weighted by molar-refractivity contribution is -0.128. The number of thiophene rings is 1. The summed E-state index contributed by atoms with van der Waals surface area (Å²) in [7, 11) is 1.69. The second-order valence-corrected chi connectivity index (χ2v) is 7.94. The highest BCUT2D eigenvalue weighted by Crippen LogP contribution is 2.41. The minimum atomic E-state index is -0.196. The second kappa shape index (κ2) is 4.92. The van der Waals surface area contributed by atoms with Crippen LogP contribution < -0.4 is 0 Å². The fraction of sp³-hybridized carbons (Fsp3) is 0.538. The van der Waals surface area contributed by atoms with Gasteiger partial charge in [-0.25, -0.2) is 0 Å². The van der Waals surface area contributed by atoms with Crippen LogP contribution in [0.3, 0.4) is 0 Å². The van der Waals surface area contributed by atoms with Crippen LogP contribution in [0.4, 0.5) is 0 Å². The number of amidine groups is 1. The molecule has 0 unspecified atom stereocenters. The minimum absolute atomic E-state index is 0.0511. The Morgan fingerprint density at radius 3 is 2.72 bits per heavy atom. The number of halogens is 1. The summed E-state index contributed by atoms with van der Waals surface area (Å²) in [6, 6.07) is 2.22. The maximum absolute atomic E-state index is 11.9. The lowest BCUT2D eigenvalue weighted by atomic mass is 9.78. The monoisotopic (exact) mass is 376 g/mol. The maximum Gasteiger partial charge on any atom is 0.228 e. The van der Waals surface area contributed by atoms with Crippen LogP contribution in [0, 0.1) is 8.29 Å². The van der Waals surface area contributed by atoms with E-state index >= 15 is 0 Å². The smallest absolute Gasteiger partial charge is 0.228 e. The molecule has 5 heteroatoms. The first-order chi connectivity index (χ1) is 8.37. The SMILES string of the molecule is CCc1cc([C@@]2(C)CC(=N)N(C)C(=O)C2)sc1I. The van der Waals surface area contributed by atoms with Crippen molar-refractivity contribution in [2.45, 2.75) is 38.5 Å². The van der Waals surface area contributed by atoms with Crippen LogP contribution in [0.25, 0.3) is 0 Å². The topological polar surface area (TPSA) is 44.2 Å². The molecule has 0 radical (unpaired) electrons. The Kier molecular flexibility index (Phi) is 3.82. The van der Waals surface area contributed by atoms with Crippen molar-refractivity contribution >= 4 is 45.7 Å². The van der Waals surface area contributed by atoms with Crippen LogP contribution in [0.15, 0.2) is 6.07 Å². The summed E-state index contributed by atoms with van der Waals surface area (Å²) in [5.74, 6) is 0.477. The van der Waals surface area contributed by atoms with E-state index in [1.165, 1.54) is 18.2 Å². The molecule has 1 aromatic heterocycles. The molecule has 1 aromatic rings. The van der Waals surface area contributed by atoms with Crippen molar-refractivity contribution in [3.63, 3.8) is 0 Å². The summed E-state index contributed by atoms with van der Waals surface area (Å²) in [5.41, 5.74) is 1.16. The zero-order valence-corrected chi connectivity index (χ0v) is 13.8. The van der Waals surface area contributed by atoms with E-state index in [0.29, 0.717) is 18.7 Å². The third kappa shape index (κ3) is 2.34. The predicted molar refractivity (Wildman–Crippen MR) is 83.5 cm³/mol. The van der Waals surface area contributed by atoms with E-state index in [0.717, 1.165) is 6.42 Å². The van der Waals surface area contributed by atoms with E-state index in [4.69, 9.17) is 5.41 Å². The number of likely N-dealkylation sites (tertiary alicyclic amines) is 1. The number of amides is 1. The van der Waals surface area contributed by atoms with Gasteiger partial charge in [-0.15, -0.1) is 11.3 Å². The van der Waals surface area contributed by atoms with Crippen molar-refractivity contribution in [3.05, 3.63) is 19.4 Å². The van der Waals surface area contributed by atoms with Gasteiger partial charge in [0, 0.05) is 30.2 Å². The first kappa shape index (κ1) is 14.0. The van der Waals surface area contributed by atoms with Gasteiger partial charge in [-0.05, 0) is 40.6 Å². The Hall–Kier alpha value is -0.430. The van der Waals surface area contributed by atoms with E-state index in [2.05, 4.69) is 42.5 Å². The number of nitrogens with zero attached hydrogens (tertiary/aromatic N) is 1. The van der Waals surface area contributed by atoms with Gasteiger partial charge >= 0.3 is 0 Å². The predicted octanol–water partition coefficient (Wildman–Crippen LogP) is 3.40. The van der Waals surface area contributed by atoms with Crippen molar-refractivity contribution in [1.82, 2.24) is 4.90 Å². The summed E-state index contributed by atoms with van der Waals surface area (Å²) in [5, 5.41) is 7.94. The van der Waals surface area contributed by atoms with E-state index in [9.17, 15) is 4.79 Å². The molecule has 0 saturated carbocycles. The minimum Gasteiger partial charge on any atom is -0.304 e. The van der Waals surface area contributed by atoms with Gasteiger partial charge in [0.1, 0.15) is 5.84 Å². The molecular weight excluding hydrogens is 359 g/mol. The Balaban J connectivity index is 2.36. The number of piperidine rings is 1. The number of hydrogen-bond acceptors (Lipinski definition) is 3. The summed E-state index contributed by atoms with van der Waals surface area (Å²) in [6.45, 7) is 4.26. The third-order valence-electron chi connectivity index (χ3n) is 3.61. The van der Waals surface area contributed by atoms with Gasteiger partial charge < -0.3 is 4.90 Å². The van der Waals surface area contributed by atoms with Gasteiger partial charge in [-0.1, -0.05) is 13.8 Å². The highest BCUT2D eigenvalue weighted by atomic mass is 127. The molecule has 1 saturated heterocycles. The van der Waals surface area contributed by atoms with Crippen LogP contribution in [0.2, 0.25) is 0 Å². The molecule has 18 heavy (non-hydrogen) atoms. The Bertz CT molecular complexity index is 491. The average Bonchev–Trinajstić information content (AvgIpc) is 2.68. The molecule has 0 bridgehead atoms. The average molecular weight is 376 g/mol. The van der Waals surface area contributed by atoms with Gasteiger partial charge in [-0.3, -0.25) is 10.2 Å². The lowest BCUT2D eigenvalue weighted by Gasteiger charge is -2.36. The molecule has 1 atom stereocenters. The van der Waals surface area contributed by atoms with Crippen molar-refractivity contribution in [1.29, 1.82) is 5.41 Å². The summed E-state index contributed by atoms with van der Waals surface area (Å²) < 4.78 is 1.31. The van der Waals surface area contributed by atoms with Gasteiger partial charge in [-0.2, -0.15) is 0 Å². The zero-order chi connectivity index (χ0) is 13.5. The molecule has 1 fully saturated rings. The van der Waals surface area contributed by atoms with Crippen molar-refractivity contribution in [2.24, 2.45) is 0 Å². The maximum atomic E-state index is 11.9. The molecule has 1 aliphatic rings. The Morgan fingerprint density at radius 2 is 2.22 bits per heavy atom. The Morgan fingerprint density at radius 1 is 1.56 bits per heavy atom. The summed E-state index contributed by atoms with van der Waals surface area (Å²) in [6.07, 6.45) is 2.18. The van der Waals surface area contributed by atoms with Crippen LogP contribution in [-0.2, 0) is 16.6 Å². The Labute approximate surface area is 125 Å². The third-order valence-corrected chi connectivity index (χ3v) is 6.24. The lowest BCUT2D eigenvalue weighted by Crippen LogP contribution is -2.46. The quantitative estimate of drug-likeness (QED) is 0.790. The number of aryl methyl sites for hydroxylation is 1. The van der Waals surface area contributed by atoms with Gasteiger partial charge in [0.15, 0.2) is 0 Å². The fourth-order valence-electron chi connectivity index (χ4n) is 2.27. The van der Waals surface area contributed by atoms with Crippen LogP contribution in [0.1, 0.15) is 37.1 Å². The van der Waals surface area contributed by atoms with E-state index in [-0.39, 0.29) is 11.3 Å². The molecule has 1 aliphatic heterocycles. The largest absolute Gasteiger partial charge is 0.304 e. The molecule has 2 rings (SSSR count). The van der Waals surface area contributed by atoms with Crippen LogP contribution >= 0.6 is 33.9 Å². The van der Waals surface area contributed by atoms with Gasteiger partial charge in [0.25, 0.3) is 0 Å². The highest BCUT2D eigenvalue weighted by molar-refractivity contribution is 14.1. The van der Waals surface area contributed by atoms with Crippen LogP contribution in [-0.4, -0.2) is 23.7 Å². The number of hydrogen-bond donors (Lipinski definition) is 1. The highest BCUT2D eigenvalue weighted by Gasteiger charge is 2.39. The summed E-state index contributed by atoms with van der Waals surface area (Å²) >= 11 is 4.14. The van der Waals surface area contributed by atoms with Crippen molar-refractivity contribution in [3.8, 4) is 0 Å². The molecule has 3 nitrogen and oxygen atoms in total. The van der Waals surface area contributed by atoms with Crippen LogP contribution in [0.5, 0.6) is 0 Å². The molecule has 1 amide bonds. The zero-order valence-electron chi connectivity index (χ0n) is 10.8. The van der Waals surface area contributed by atoms with Gasteiger partial charge in [0.05, 0.1) is 2.88 Å². The van der Waals surface area contributed by atoms with E-state index < -0.39 is 0 Å². The first-order valence-corrected chi connectivity index (χ1v) is 7.89. The van der Waals surface area contributed by atoms with E-state index in [1.807, 2.05) is 0 Å². The standard InChI is InChI=1S/C13H17IN2OS/c1-4-8-5-9(18-12(8)14)13(2)6-10(15)16(3)11(17)7-13/h5,15H,4,6-7H2,1-3H3/t13-/m0/s1. The number of rotatable bonds is 2. The second-order valence-electron chi connectivity index (χ2n) is 5.08. The van der Waals surface area contributed by atoms with Crippen molar-refractivity contribution in [2.75, 3.05) is 7.05 Å². The number of nitrogens with one attached hydrogen (secondary N) is 1. The molecule has 1 N–H and O–H groups in total. The number of carbonyl (C=O) groups is 1. The van der Waals surface area contributed by atoms with Gasteiger partial charge in [0.2, 0.25) is 5.91 Å². The van der Waals surface area contributed by atoms with E-state index in [1.54, 1.807) is 18.4 Å². The summed E-state index contributed by atoms with van der Waals surface area (Å²) in [4.78, 5) is 14.7. The molecule has 2 heterocycles. The molecule has 0 aromatic carbocycles. The number of carbonyl (C=O) groups excluding carboxylic acids is 1.